The molecule has 1 N–H and O–H groups in total. The average Bonchev–Trinajstić information content (AvgIpc) is 2.86. The number of rotatable bonds is 10. The summed E-state index contributed by atoms with van der Waals surface area (Å²) in [4.78, 5) is 11.1. The van der Waals surface area contributed by atoms with E-state index in [1.165, 1.54) is 45.1 Å². The van der Waals surface area contributed by atoms with Crippen LogP contribution in [-0.2, 0) is 9.53 Å². The predicted molar refractivity (Wildman–Crippen MR) is 74.5 cm³/mol. The number of hydrogen-bond acceptors (Lipinski definition) is 3. The van der Waals surface area contributed by atoms with Crippen LogP contribution in [-0.4, -0.2) is 25.7 Å². The number of ether oxygens (including phenoxy) is 1. The van der Waals surface area contributed by atoms with Crippen LogP contribution in [0.3, 0.4) is 0 Å². The molecule has 1 saturated carbocycles. The van der Waals surface area contributed by atoms with Gasteiger partial charge in [-0.05, 0) is 45.2 Å². The molecule has 1 fully saturated rings. The van der Waals surface area contributed by atoms with Crippen molar-refractivity contribution in [2.24, 2.45) is 5.92 Å². The Morgan fingerprint density at radius 3 is 2.67 bits per heavy atom. The van der Waals surface area contributed by atoms with E-state index in [0.717, 1.165) is 25.3 Å². The highest BCUT2D eigenvalue weighted by atomic mass is 16.5. The van der Waals surface area contributed by atoms with Crippen LogP contribution in [0.1, 0.15) is 64.7 Å². The predicted octanol–water partition coefficient (Wildman–Crippen LogP) is 3.28. The van der Waals surface area contributed by atoms with Crippen molar-refractivity contribution in [3.63, 3.8) is 0 Å². The lowest BCUT2D eigenvalue weighted by Crippen LogP contribution is -2.18. The van der Waals surface area contributed by atoms with E-state index in [1.807, 2.05) is 6.92 Å². The lowest BCUT2D eigenvalue weighted by Gasteiger charge is -2.09. The molecule has 0 aliphatic heterocycles. The maximum atomic E-state index is 11.1. The highest BCUT2D eigenvalue weighted by Gasteiger charge is 2.13. The Kier molecular flexibility index (Phi) is 8.92. The van der Waals surface area contributed by atoms with Crippen LogP contribution >= 0.6 is 0 Å². The monoisotopic (exact) mass is 255 g/mol. The summed E-state index contributed by atoms with van der Waals surface area (Å²) < 4.78 is 4.89. The van der Waals surface area contributed by atoms with Crippen molar-refractivity contribution in [1.29, 1.82) is 0 Å². The molecule has 0 amide bonds. The van der Waals surface area contributed by atoms with Crippen molar-refractivity contribution in [2.45, 2.75) is 64.7 Å². The first-order chi connectivity index (χ1) is 8.83. The van der Waals surface area contributed by atoms with Crippen molar-refractivity contribution >= 4 is 5.97 Å². The molecule has 18 heavy (non-hydrogen) atoms. The standard InChI is InChI=1S/C15H29NO2/c1-2-18-15(17)10-4-3-7-12-16-13-11-14-8-5-6-9-14/h14,16H,2-13H2,1H3. The van der Waals surface area contributed by atoms with E-state index in [-0.39, 0.29) is 5.97 Å². The topological polar surface area (TPSA) is 38.3 Å². The molecule has 0 saturated heterocycles. The highest BCUT2D eigenvalue weighted by Crippen LogP contribution is 2.26. The molecule has 0 spiro atoms. The van der Waals surface area contributed by atoms with E-state index >= 15 is 0 Å². The van der Waals surface area contributed by atoms with Gasteiger partial charge in [0.25, 0.3) is 0 Å². The Hall–Kier alpha value is -0.570. The first-order valence-electron chi connectivity index (χ1n) is 7.69. The Balaban J connectivity index is 1.77. The fourth-order valence-electron chi connectivity index (χ4n) is 2.66. The Bertz CT molecular complexity index is 213. The van der Waals surface area contributed by atoms with Gasteiger partial charge >= 0.3 is 5.97 Å². The van der Waals surface area contributed by atoms with Crippen LogP contribution in [0, 0.1) is 5.92 Å². The Morgan fingerprint density at radius 1 is 1.17 bits per heavy atom. The van der Waals surface area contributed by atoms with Crippen molar-refractivity contribution < 1.29 is 9.53 Å². The number of carbonyl (C=O) groups excluding carboxylic acids is 1. The maximum absolute atomic E-state index is 11.1. The minimum absolute atomic E-state index is 0.0494. The third-order valence-electron chi connectivity index (χ3n) is 3.74. The second-order valence-corrected chi connectivity index (χ2v) is 5.30. The molecule has 0 heterocycles. The molecule has 3 heteroatoms. The van der Waals surface area contributed by atoms with Gasteiger partial charge in [0, 0.05) is 6.42 Å². The van der Waals surface area contributed by atoms with Gasteiger partial charge in [-0.2, -0.15) is 0 Å². The van der Waals surface area contributed by atoms with Gasteiger partial charge in [-0.25, -0.2) is 0 Å². The van der Waals surface area contributed by atoms with Gasteiger partial charge in [-0.1, -0.05) is 32.1 Å². The van der Waals surface area contributed by atoms with E-state index in [2.05, 4.69) is 5.32 Å². The summed E-state index contributed by atoms with van der Waals surface area (Å²) in [6, 6.07) is 0. The largest absolute Gasteiger partial charge is 0.466 e. The highest BCUT2D eigenvalue weighted by molar-refractivity contribution is 5.69. The minimum atomic E-state index is -0.0494. The number of esters is 1. The molecule has 0 aromatic heterocycles. The van der Waals surface area contributed by atoms with Crippen molar-refractivity contribution in [3.8, 4) is 0 Å². The second kappa shape index (κ2) is 10.4. The number of hydrogen-bond donors (Lipinski definition) is 1. The molecule has 1 aliphatic carbocycles. The molecular weight excluding hydrogens is 226 g/mol. The van der Waals surface area contributed by atoms with Crippen LogP contribution in [0.2, 0.25) is 0 Å². The molecule has 1 aliphatic rings. The molecule has 0 aromatic carbocycles. The van der Waals surface area contributed by atoms with Gasteiger partial charge in [0.1, 0.15) is 0 Å². The van der Waals surface area contributed by atoms with E-state index in [4.69, 9.17) is 4.74 Å². The molecule has 0 atom stereocenters. The van der Waals surface area contributed by atoms with E-state index in [0.29, 0.717) is 13.0 Å². The maximum Gasteiger partial charge on any atom is 0.305 e. The molecule has 3 nitrogen and oxygen atoms in total. The summed E-state index contributed by atoms with van der Waals surface area (Å²) in [5, 5.41) is 3.51. The molecule has 106 valence electrons. The molecule has 0 aromatic rings. The van der Waals surface area contributed by atoms with Crippen LogP contribution < -0.4 is 5.32 Å². The lowest BCUT2D eigenvalue weighted by molar-refractivity contribution is -0.143. The quantitative estimate of drug-likeness (QED) is 0.481. The molecule has 0 bridgehead atoms. The normalized spacial score (nSPS) is 16.1. The van der Waals surface area contributed by atoms with Crippen molar-refractivity contribution in [1.82, 2.24) is 5.32 Å². The molecular formula is C15H29NO2. The van der Waals surface area contributed by atoms with Gasteiger partial charge in [-0.3, -0.25) is 4.79 Å². The summed E-state index contributed by atoms with van der Waals surface area (Å²) >= 11 is 0. The minimum Gasteiger partial charge on any atom is -0.466 e. The van der Waals surface area contributed by atoms with Crippen LogP contribution in [0.25, 0.3) is 0 Å². The summed E-state index contributed by atoms with van der Waals surface area (Å²) in [6.45, 7) is 4.62. The molecule has 1 rings (SSSR count). The van der Waals surface area contributed by atoms with Crippen LogP contribution in [0.4, 0.5) is 0 Å². The Labute approximate surface area is 112 Å². The third kappa shape index (κ3) is 7.70. The van der Waals surface area contributed by atoms with Gasteiger partial charge in [-0.15, -0.1) is 0 Å². The zero-order chi connectivity index (χ0) is 13.1. The zero-order valence-electron chi connectivity index (χ0n) is 11.9. The van der Waals surface area contributed by atoms with Gasteiger partial charge < -0.3 is 10.1 Å². The Morgan fingerprint density at radius 2 is 1.94 bits per heavy atom. The smallest absolute Gasteiger partial charge is 0.305 e. The fraction of sp³-hybridized carbons (Fsp3) is 0.933. The number of nitrogens with one attached hydrogen (secondary N) is 1. The van der Waals surface area contributed by atoms with Gasteiger partial charge in [0.05, 0.1) is 6.61 Å². The SMILES string of the molecule is CCOC(=O)CCCCCNCCC1CCCC1. The average molecular weight is 255 g/mol. The first kappa shape index (κ1) is 15.5. The van der Waals surface area contributed by atoms with E-state index < -0.39 is 0 Å². The lowest BCUT2D eigenvalue weighted by atomic mass is 10.0. The summed E-state index contributed by atoms with van der Waals surface area (Å²) in [5.74, 6) is 0.938. The van der Waals surface area contributed by atoms with Crippen LogP contribution in [0.15, 0.2) is 0 Å². The summed E-state index contributed by atoms with van der Waals surface area (Å²) in [6.07, 6.45) is 11.0. The van der Waals surface area contributed by atoms with E-state index in [1.54, 1.807) is 0 Å². The summed E-state index contributed by atoms with van der Waals surface area (Å²) in [5.41, 5.74) is 0. The molecule has 0 radical (unpaired) electrons. The third-order valence-corrected chi connectivity index (χ3v) is 3.74. The van der Waals surface area contributed by atoms with Crippen molar-refractivity contribution in [2.75, 3.05) is 19.7 Å². The fourth-order valence-corrected chi connectivity index (χ4v) is 2.66. The van der Waals surface area contributed by atoms with Crippen molar-refractivity contribution in [3.05, 3.63) is 0 Å². The second-order valence-electron chi connectivity index (χ2n) is 5.30. The molecule has 0 unspecified atom stereocenters. The first-order valence-corrected chi connectivity index (χ1v) is 7.69. The number of unbranched alkanes of at least 4 members (excludes halogenated alkanes) is 2. The van der Waals surface area contributed by atoms with Gasteiger partial charge in [0.15, 0.2) is 0 Å². The number of carbonyl (C=O) groups is 1. The van der Waals surface area contributed by atoms with E-state index in [9.17, 15) is 4.79 Å². The summed E-state index contributed by atoms with van der Waals surface area (Å²) in [7, 11) is 0. The van der Waals surface area contributed by atoms with Crippen LogP contribution in [0.5, 0.6) is 0 Å². The zero-order valence-corrected chi connectivity index (χ0v) is 11.9. The van der Waals surface area contributed by atoms with Gasteiger partial charge in [0.2, 0.25) is 0 Å².